The third-order valence-electron chi connectivity index (χ3n) is 9.80. The Kier molecular flexibility index (Phi) is 5.23. The molecule has 1 aromatic rings. The number of carbonyl (C=O) groups excluding carboxylic acids is 2. The molecule has 33 heavy (non-hydrogen) atoms. The molecule has 2 heterocycles. The van der Waals surface area contributed by atoms with Crippen molar-refractivity contribution in [3.8, 4) is 0 Å². The molecular weight excluding hydrogens is 410 g/mol. The fourth-order valence-electron chi connectivity index (χ4n) is 8.40. The number of benzene rings is 1. The lowest BCUT2D eigenvalue weighted by atomic mass is 9.49. The molecule has 0 radical (unpaired) electrons. The van der Waals surface area contributed by atoms with E-state index in [4.69, 9.17) is 0 Å². The van der Waals surface area contributed by atoms with Crippen molar-refractivity contribution in [3.63, 3.8) is 0 Å². The summed E-state index contributed by atoms with van der Waals surface area (Å²) >= 11 is 0. The highest BCUT2D eigenvalue weighted by atomic mass is 16.2. The summed E-state index contributed by atoms with van der Waals surface area (Å²) in [5, 5.41) is 0. The summed E-state index contributed by atoms with van der Waals surface area (Å²) in [5.41, 5.74) is 3.80. The van der Waals surface area contributed by atoms with Crippen molar-refractivity contribution in [1.82, 2.24) is 9.80 Å². The molecule has 1 unspecified atom stereocenters. The van der Waals surface area contributed by atoms with E-state index in [9.17, 15) is 9.59 Å². The van der Waals surface area contributed by atoms with Crippen LogP contribution in [0.1, 0.15) is 62.5 Å². The van der Waals surface area contributed by atoms with Gasteiger partial charge in [0.25, 0.3) is 0 Å². The normalized spacial score (nSPS) is 35.4. The third kappa shape index (κ3) is 3.57. The van der Waals surface area contributed by atoms with Crippen LogP contribution in [0.25, 0.3) is 0 Å². The van der Waals surface area contributed by atoms with E-state index >= 15 is 0 Å². The van der Waals surface area contributed by atoms with Crippen LogP contribution in [0.2, 0.25) is 0 Å². The standard InChI is InChI=1S/C28H39N3O2/c1-19-5-3-6-24(20(19)2)29-9-11-30(12-10-29)26(32)25-7-4-8-31(25)27(33)28-16-21-13-22(17-28)15-23(14-21)18-28/h3,5-6,21-23,25H,4,7-18H2,1-2H3. The average Bonchev–Trinajstić information content (AvgIpc) is 3.29. The second-order valence-corrected chi connectivity index (χ2v) is 11.9. The number of aryl methyl sites for hydroxylation is 1. The van der Waals surface area contributed by atoms with Gasteiger partial charge in [-0.2, -0.15) is 0 Å². The second-order valence-electron chi connectivity index (χ2n) is 11.9. The molecule has 4 saturated carbocycles. The molecule has 0 aromatic heterocycles. The van der Waals surface area contributed by atoms with E-state index in [0.29, 0.717) is 5.91 Å². The van der Waals surface area contributed by atoms with Gasteiger partial charge < -0.3 is 14.7 Å². The highest BCUT2D eigenvalue weighted by Gasteiger charge is 2.57. The molecule has 6 fully saturated rings. The molecule has 2 saturated heterocycles. The van der Waals surface area contributed by atoms with E-state index in [2.05, 4.69) is 36.9 Å². The molecule has 2 amide bonds. The van der Waals surface area contributed by atoms with Crippen LogP contribution in [0.15, 0.2) is 18.2 Å². The van der Waals surface area contributed by atoms with Gasteiger partial charge in [0.1, 0.15) is 6.04 Å². The van der Waals surface area contributed by atoms with Crippen LogP contribution >= 0.6 is 0 Å². The van der Waals surface area contributed by atoms with Gasteiger partial charge in [0, 0.05) is 38.4 Å². The topological polar surface area (TPSA) is 43.9 Å². The Hall–Kier alpha value is -2.04. The molecule has 1 aromatic carbocycles. The molecule has 0 N–H and O–H groups in total. The zero-order valence-corrected chi connectivity index (χ0v) is 20.4. The quantitative estimate of drug-likeness (QED) is 0.696. The molecule has 0 spiro atoms. The van der Waals surface area contributed by atoms with Gasteiger partial charge in [0.2, 0.25) is 11.8 Å². The first kappa shape index (κ1) is 21.5. The number of carbonyl (C=O) groups is 2. The number of hydrogen-bond acceptors (Lipinski definition) is 3. The monoisotopic (exact) mass is 449 g/mol. The lowest BCUT2D eigenvalue weighted by Gasteiger charge is -2.56. The first-order chi connectivity index (χ1) is 15.9. The maximum Gasteiger partial charge on any atom is 0.245 e. The van der Waals surface area contributed by atoms with Crippen LogP contribution in [0.5, 0.6) is 0 Å². The average molecular weight is 450 g/mol. The molecule has 7 rings (SSSR count). The number of hydrogen-bond donors (Lipinski definition) is 0. The minimum absolute atomic E-state index is 0.140. The van der Waals surface area contributed by atoms with Crippen molar-refractivity contribution in [2.75, 3.05) is 37.6 Å². The fraction of sp³-hybridized carbons (Fsp3) is 0.714. The molecule has 178 valence electrons. The zero-order chi connectivity index (χ0) is 22.7. The van der Waals surface area contributed by atoms with Crippen LogP contribution in [-0.2, 0) is 9.59 Å². The van der Waals surface area contributed by atoms with Gasteiger partial charge in [-0.3, -0.25) is 9.59 Å². The highest BCUT2D eigenvalue weighted by molar-refractivity contribution is 5.91. The van der Waals surface area contributed by atoms with Crippen molar-refractivity contribution in [2.24, 2.45) is 23.2 Å². The first-order valence-electron chi connectivity index (χ1n) is 13.3. The lowest BCUT2D eigenvalue weighted by Crippen LogP contribution is -2.59. The lowest BCUT2D eigenvalue weighted by molar-refractivity contribution is -0.162. The SMILES string of the molecule is Cc1cccc(N2CCN(C(=O)C3CCCN3C(=O)C34CC5CC(CC(C5)C3)C4)CC2)c1C. The van der Waals surface area contributed by atoms with Crippen molar-refractivity contribution in [1.29, 1.82) is 0 Å². The summed E-state index contributed by atoms with van der Waals surface area (Å²) in [6.45, 7) is 8.36. The minimum atomic E-state index is -0.224. The minimum Gasteiger partial charge on any atom is -0.368 e. The van der Waals surface area contributed by atoms with E-state index in [-0.39, 0.29) is 17.4 Å². The Balaban J connectivity index is 1.13. The maximum absolute atomic E-state index is 13.9. The van der Waals surface area contributed by atoms with Crippen molar-refractivity contribution in [3.05, 3.63) is 29.3 Å². The van der Waals surface area contributed by atoms with E-state index in [1.807, 2.05) is 9.80 Å². The summed E-state index contributed by atoms with van der Waals surface area (Å²) in [6, 6.07) is 6.26. The Morgan fingerprint density at radius 3 is 2.15 bits per heavy atom. The Morgan fingerprint density at radius 1 is 0.879 bits per heavy atom. The zero-order valence-electron chi connectivity index (χ0n) is 20.4. The van der Waals surface area contributed by atoms with Gasteiger partial charge >= 0.3 is 0 Å². The van der Waals surface area contributed by atoms with E-state index in [0.717, 1.165) is 82.6 Å². The van der Waals surface area contributed by atoms with Crippen molar-refractivity contribution < 1.29 is 9.59 Å². The molecule has 5 heteroatoms. The number of amides is 2. The Morgan fingerprint density at radius 2 is 1.52 bits per heavy atom. The summed E-state index contributed by atoms with van der Waals surface area (Å²) in [7, 11) is 0. The Bertz CT molecular complexity index is 913. The third-order valence-corrected chi connectivity index (χ3v) is 9.80. The van der Waals surface area contributed by atoms with Crippen molar-refractivity contribution >= 4 is 17.5 Å². The number of rotatable bonds is 3. The Labute approximate surface area is 198 Å². The molecule has 2 aliphatic heterocycles. The van der Waals surface area contributed by atoms with E-state index in [1.54, 1.807) is 0 Å². The summed E-state index contributed by atoms with van der Waals surface area (Å²) in [5.74, 6) is 2.82. The smallest absolute Gasteiger partial charge is 0.245 e. The van der Waals surface area contributed by atoms with Crippen LogP contribution < -0.4 is 4.90 Å². The summed E-state index contributed by atoms with van der Waals surface area (Å²) in [4.78, 5) is 34.1. The predicted octanol–water partition coefficient (Wildman–Crippen LogP) is 4.16. The van der Waals surface area contributed by atoms with Crippen LogP contribution in [0.3, 0.4) is 0 Å². The maximum atomic E-state index is 13.9. The van der Waals surface area contributed by atoms with E-state index < -0.39 is 0 Å². The predicted molar refractivity (Wildman–Crippen MR) is 130 cm³/mol. The molecule has 5 nitrogen and oxygen atoms in total. The molecule has 4 bridgehead atoms. The second kappa shape index (κ2) is 8.02. The van der Waals surface area contributed by atoms with Crippen LogP contribution in [0.4, 0.5) is 5.69 Å². The fourth-order valence-corrected chi connectivity index (χ4v) is 8.40. The highest BCUT2D eigenvalue weighted by Crippen LogP contribution is 2.60. The molecule has 6 aliphatic rings. The van der Waals surface area contributed by atoms with Gasteiger partial charge in [0.15, 0.2) is 0 Å². The largest absolute Gasteiger partial charge is 0.368 e. The van der Waals surface area contributed by atoms with Crippen LogP contribution in [-0.4, -0.2) is 60.4 Å². The number of nitrogens with zero attached hydrogens (tertiary/aromatic N) is 3. The summed E-state index contributed by atoms with van der Waals surface area (Å²) < 4.78 is 0. The number of piperazine rings is 1. The van der Waals surface area contributed by atoms with Gasteiger partial charge in [-0.15, -0.1) is 0 Å². The first-order valence-corrected chi connectivity index (χ1v) is 13.3. The van der Waals surface area contributed by atoms with Gasteiger partial charge in [-0.25, -0.2) is 0 Å². The molecule has 1 atom stereocenters. The van der Waals surface area contributed by atoms with Crippen molar-refractivity contribution in [2.45, 2.75) is 71.3 Å². The number of anilines is 1. The molecular formula is C28H39N3O2. The summed E-state index contributed by atoms with van der Waals surface area (Å²) in [6.07, 6.45) is 9.11. The van der Waals surface area contributed by atoms with Gasteiger partial charge in [-0.05, 0) is 100 Å². The van der Waals surface area contributed by atoms with Crippen LogP contribution in [0, 0.1) is 37.0 Å². The number of likely N-dealkylation sites (tertiary alicyclic amines) is 1. The van der Waals surface area contributed by atoms with Gasteiger partial charge in [-0.1, -0.05) is 12.1 Å². The van der Waals surface area contributed by atoms with E-state index in [1.165, 1.54) is 36.1 Å². The molecule has 4 aliphatic carbocycles. The van der Waals surface area contributed by atoms with Gasteiger partial charge in [0.05, 0.1) is 5.41 Å².